The number of pyridine rings is 1. The molecule has 0 saturated carbocycles. The van der Waals surface area contributed by atoms with E-state index >= 15 is 0 Å². The standard InChI is InChI=1S/C7H11N5/c1-10-12-6(9)3-2-4-7(12)11-5-8/h2-4H,1,5,8-9H2/b11-7-. The average molecular weight is 165 g/mol. The van der Waals surface area contributed by atoms with Gasteiger partial charge in [-0.1, -0.05) is 6.07 Å². The second kappa shape index (κ2) is 3.68. The number of aromatic nitrogens is 1. The zero-order valence-electron chi connectivity index (χ0n) is 6.64. The maximum absolute atomic E-state index is 5.59. The predicted molar refractivity (Wildman–Crippen MR) is 48.4 cm³/mol. The van der Waals surface area contributed by atoms with E-state index in [0.29, 0.717) is 11.3 Å². The summed E-state index contributed by atoms with van der Waals surface area (Å²) in [4.78, 5) is 3.97. The Morgan fingerprint density at radius 2 is 2.25 bits per heavy atom. The molecule has 4 N–H and O–H groups in total. The van der Waals surface area contributed by atoms with Gasteiger partial charge in [0.25, 0.3) is 0 Å². The Kier molecular flexibility index (Phi) is 2.60. The molecule has 64 valence electrons. The van der Waals surface area contributed by atoms with Crippen LogP contribution in [0.1, 0.15) is 0 Å². The summed E-state index contributed by atoms with van der Waals surface area (Å²) in [5, 5.41) is 3.68. The largest absolute Gasteiger partial charge is 0.384 e. The van der Waals surface area contributed by atoms with E-state index < -0.39 is 0 Å². The first-order valence-corrected chi connectivity index (χ1v) is 3.44. The molecule has 0 radical (unpaired) electrons. The fourth-order valence-corrected chi connectivity index (χ4v) is 0.874. The maximum Gasteiger partial charge on any atom is 0.152 e. The van der Waals surface area contributed by atoms with Gasteiger partial charge in [-0.15, -0.1) is 0 Å². The molecule has 1 aromatic heterocycles. The molecule has 5 heteroatoms. The topological polar surface area (TPSA) is 81.7 Å². The van der Waals surface area contributed by atoms with Crippen LogP contribution in [0.3, 0.4) is 0 Å². The van der Waals surface area contributed by atoms with E-state index in [1.165, 1.54) is 4.68 Å². The Morgan fingerprint density at radius 1 is 1.50 bits per heavy atom. The molecule has 0 aromatic carbocycles. The highest BCUT2D eigenvalue weighted by atomic mass is 15.4. The van der Waals surface area contributed by atoms with Crippen molar-refractivity contribution in [3.05, 3.63) is 23.7 Å². The van der Waals surface area contributed by atoms with E-state index in [-0.39, 0.29) is 6.67 Å². The molecular weight excluding hydrogens is 154 g/mol. The fraction of sp³-hybridized carbons (Fsp3) is 0.143. The van der Waals surface area contributed by atoms with Gasteiger partial charge >= 0.3 is 0 Å². The van der Waals surface area contributed by atoms with Gasteiger partial charge in [0.15, 0.2) is 5.49 Å². The lowest BCUT2D eigenvalue weighted by Gasteiger charge is -2.02. The van der Waals surface area contributed by atoms with Crippen LogP contribution in [-0.4, -0.2) is 18.1 Å². The molecule has 0 fully saturated rings. The van der Waals surface area contributed by atoms with Crippen molar-refractivity contribution in [1.29, 1.82) is 0 Å². The minimum absolute atomic E-state index is 0.207. The van der Waals surface area contributed by atoms with Crippen molar-refractivity contribution in [3.8, 4) is 0 Å². The third-order valence-electron chi connectivity index (χ3n) is 1.37. The normalized spacial score (nSPS) is 11.6. The molecule has 0 spiro atoms. The monoisotopic (exact) mass is 165 g/mol. The molecule has 0 aliphatic heterocycles. The minimum Gasteiger partial charge on any atom is -0.384 e. The molecule has 1 heterocycles. The first-order valence-electron chi connectivity index (χ1n) is 3.44. The summed E-state index contributed by atoms with van der Waals surface area (Å²) in [6.07, 6.45) is 0. The van der Waals surface area contributed by atoms with Gasteiger partial charge in [-0.3, -0.25) is 4.99 Å². The number of nitrogen functional groups attached to an aromatic ring is 1. The van der Waals surface area contributed by atoms with Gasteiger partial charge in [-0.25, -0.2) is 4.68 Å². The molecule has 5 nitrogen and oxygen atoms in total. The van der Waals surface area contributed by atoms with Gasteiger partial charge in [-0.2, -0.15) is 5.10 Å². The van der Waals surface area contributed by atoms with E-state index in [1.54, 1.807) is 18.2 Å². The predicted octanol–water partition coefficient (Wildman–Crippen LogP) is -0.649. The third-order valence-corrected chi connectivity index (χ3v) is 1.37. The number of rotatable bonds is 2. The van der Waals surface area contributed by atoms with Crippen molar-refractivity contribution in [1.82, 2.24) is 4.68 Å². The molecule has 0 aliphatic carbocycles. The molecular formula is C7H11N5. The first-order chi connectivity index (χ1) is 5.79. The van der Waals surface area contributed by atoms with Crippen LogP contribution >= 0.6 is 0 Å². The first kappa shape index (κ1) is 8.48. The van der Waals surface area contributed by atoms with Crippen molar-refractivity contribution >= 4 is 12.5 Å². The summed E-state index contributed by atoms with van der Waals surface area (Å²) in [5.74, 6) is 0.486. The highest BCUT2D eigenvalue weighted by Gasteiger charge is 1.92. The van der Waals surface area contributed by atoms with E-state index in [9.17, 15) is 0 Å². The third kappa shape index (κ3) is 1.51. The quantitative estimate of drug-likeness (QED) is 0.571. The Morgan fingerprint density at radius 3 is 2.83 bits per heavy atom. The molecule has 0 bridgehead atoms. The molecule has 1 rings (SSSR count). The van der Waals surface area contributed by atoms with Gasteiger partial charge < -0.3 is 11.5 Å². The van der Waals surface area contributed by atoms with Crippen molar-refractivity contribution in [2.24, 2.45) is 15.8 Å². The lowest BCUT2D eigenvalue weighted by atomic mass is 10.4. The van der Waals surface area contributed by atoms with Crippen molar-refractivity contribution in [2.75, 3.05) is 12.4 Å². The van der Waals surface area contributed by atoms with Crippen molar-refractivity contribution in [2.45, 2.75) is 0 Å². The van der Waals surface area contributed by atoms with Crippen LogP contribution in [0.5, 0.6) is 0 Å². The van der Waals surface area contributed by atoms with Crippen LogP contribution in [-0.2, 0) is 0 Å². The summed E-state index contributed by atoms with van der Waals surface area (Å²) in [7, 11) is 0. The average Bonchev–Trinajstić information content (AvgIpc) is 2.05. The Bertz CT molecular complexity index is 338. The molecule has 0 saturated heterocycles. The number of anilines is 1. The summed E-state index contributed by atoms with van der Waals surface area (Å²) in [6.45, 7) is 3.57. The van der Waals surface area contributed by atoms with Gasteiger partial charge in [0.2, 0.25) is 0 Å². The lowest BCUT2D eigenvalue weighted by Crippen LogP contribution is -2.20. The zero-order chi connectivity index (χ0) is 8.97. The lowest BCUT2D eigenvalue weighted by molar-refractivity contribution is 0.799. The molecule has 0 atom stereocenters. The summed E-state index contributed by atoms with van der Waals surface area (Å²) >= 11 is 0. The molecule has 0 unspecified atom stereocenters. The van der Waals surface area contributed by atoms with Gasteiger partial charge in [-0.05, 0) is 12.1 Å². The Labute approximate surface area is 70.0 Å². The highest BCUT2D eigenvalue weighted by molar-refractivity contribution is 5.31. The molecule has 1 aromatic rings. The number of nitrogens with zero attached hydrogens (tertiary/aromatic N) is 3. The van der Waals surface area contributed by atoms with E-state index in [0.717, 1.165) is 0 Å². The highest BCUT2D eigenvalue weighted by Crippen LogP contribution is 1.94. The summed E-state index contributed by atoms with van der Waals surface area (Å²) in [6, 6.07) is 5.26. The van der Waals surface area contributed by atoms with E-state index in [2.05, 4.69) is 16.8 Å². The van der Waals surface area contributed by atoms with Crippen molar-refractivity contribution < 1.29 is 0 Å². The van der Waals surface area contributed by atoms with Crippen LogP contribution in [0.15, 0.2) is 28.3 Å². The van der Waals surface area contributed by atoms with Crippen LogP contribution in [0.4, 0.5) is 5.82 Å². The Balaban J connectivity index is 3.37. The van der Waals surface area contributed by atoms with Gasteiger partial charge in [0.05, 0.1) is 6.67 Å². The number of hydrogen-bond donors (Lipinski definition) is 2. The fourth-order valence-electron chi connectivity index (χ4n) is 0.874. The Hall–Kier alpha value is -1.62. The van der Waals surface area contributed by atoms with Crippen LogP contribution in [0.2, 0.25) is 0 Å². The van der Waals surface area contributed by atoms with E-state index in [4.69, 9.17) is 11.5 Å². The zero-order valence-corrected chi connectivity index (χ0v) is 6.64. The summed E-state index contributed by atoms with van der Waals surface area (Å²) < 4.78 is 1.42. The van der Waals surface area contributed by atoms with Crippen LogP contribution in [0, 0.1) is 0 Å². The smallest absolute Gasteiger partial charge is 0.152 e. The minimum atomic E-state index is 0.207. The molecule has 0 amide bonds. The van der Waals surface area contributed by atoms with E-state index in [1.807, 2.05) is 0 Å². The number of nitrogens with two attached hydrogens (primary N) is 2. The van der Waals surface area contributed by atoms with Gasteiger partial charge in [0, 0.05) is 6.72 Å². The van der Waals surface area contributed by atoms with Crippen LogP contribution in [0.25, 0.3) is 0 Å². The molecule has 12 heavy (non-hydrogen) atoms. The SMILES string of the molecule is C=Nn1c(N)ccc/c1=N/CN. The second-order valence-corrected chi connectivity index (χ2v) is 2.10. The van der Waals surface area contributed by atoms with Gasteiger partial charge in [0.1, 0.15) is 5.82 Å². The van der Waals surface area contributed by atoms with Crippen molar-refractivity contribution in [3.63, 3.8) is 0 Å². The second-order valence-electron chi connectivity index (χ2n) is 2.10. The summed E-state index contributed by atoms with van der Waals surface area (Å²) in [5.41, 5.74) is 11.4. The molecule has 0 aliphatic rings. The maximum atomic E-state index is 5.59. The van der Waals surface area contributed by atoms with Crippen LogP contribution < -0.4 is 17.0 Å². The number of hydrogen-bond acceptors (Lipinski definition) is 4.